The van der Waals surface area contributed by atoms with E-state index in [0.717, 1.165) is 25.3 Å². The van der Waals surface area contributed by atoms with Gasteiger partial charge in [0.05, 0.1) is 0 Å². The second kappa shape index (κ2) is 7.36. The van der Waals surface area contributed by atoms with Gasteiger partial charge in [-0.25, -0.2) is 0 Å². The standard InChI is InChI=1S/C15H27N5O/c1-6-9-20(11-15(2,3)10-16)13-8-7-12(17-18-13)14(21)19(4)5/h7-8H,6,9-11,16H2,1-5H3. The molecule has 0 bridgehead atoms. The summed E-state index contributed by atoms with van der Waals surface area (Å²) in [7, 11) is 3.40. The zero-order chi connectivity index (χ0) is 16.0. The van der Waals surface area contributed by atoms with Gasteiger partial charge in [0.2, 0.25) is 0 Å². The zero-order valence-electron chi connectivity index (χ0n) is 13.8. The van der Waals surface area contributed by atoms with E-state index in [0.29, 0.717) is 12.2 Å². The van der Waals surface area contributed by atoms with Crippen LogP contribution >= 0.6 is 0 Å². The van der Waals surface area contributed by atoms with Gasteiger partial charge < -0.3 is 15.5 Å². The van der Waals surface area contributed by atoms with Gasteiger partial charge in [-0.05, 0) is 30.5 Å². The summed E-state index contributed by atoms with van der Waals surface area (Å²) >= 11 is 0. The van der Waals surface area contributed by atoms with E-state index in [9.17, 15) is 4.79 Å². The number of aromatic nitrogens is 2. The van der Waals surface area contributed by atoms with Gasteiger partial charge in [-0.15, -0.1) is 10.2 Å². The van der Waals surface area contributed by atoms with Crippen LogP contribution in [0.5, 0.6) is 0 Å². The van der Waals surface area contributed by atoms with Gasteiger partial charge in [-0.2, -0.15) is 0 Å². The molecule has 2 N–H and O–H groups in total. The summed E-state index contributed by atoms with van der Waals surface area (Å²) in [6, 6.07) is 3.58. The Labute approximate surface area is 127 Å². The number of carbonyl (C=O) groups excluding carboxylic acids is 1. The van der Waals surface area contributed by atoms with Crippen molar-refractivity contribution >= 4 is 11.7 Å². The van der Waals surface area contributed by atoms with Crippen LogP contribution in [-0.4, -0.2) is 54.7 Å². The quantitative estimate of drug-likeness (QED) is 0.822. The third-order valence-electron chi connectivity index (χ3n) is 3.26. The highest BCUT2D eigenvalue weighted by atomic mass is 16.2. The van der Waals surface area contributed by atoms with Crippen LogP contribution in [0.3, 0.4) is 0 Å². The third-order valence-corrected chi connectivity index (χ3v) is 3.26. The van der Waals surface area contributed by atoms with Gasteiger partial charge in [0.25, 0.3) is 5.91 Å². The van der Waals surface area contributed by atoms with Crippen molar-refractivity contribution in [3.63, 3.8) is 0 Å². The molecule has 1 heterocycles. The average molecular weight is 293 g/mol. The van der Waals surface area contributed by atoms with E-state index < -0.39 is 0 Å². The van der Waals surface area contributed by atoms with Crippen molar-refractivity contribution in [2.45, 2.75) is 27.2 Å². The van der Waals surface area contributed by atoms with Gasteiger partial charge in [-0.1, -0.05) is 20.8 Å². The van der Waals surface area contributed by atoms with Crippen molar-refractivity contribution in [1.82, 2.24) is 15.1 Å². The molecule has 0 radical (unpaired) electrons. The van der Waals surface area contributed by atoms with Crippen LogP contribution in [-0.2, 0) is 0 Å². The molecule has 0 aliphatic carbocycles. The number of nitrogens with two attached hydrogens (primary N) is 1. The van der Waals surface area contributed by atoms with Crippen LogP contribution in [0.2, 0.25) is 0 Å². The Balaban J connectivity index is 2.92. The van der Waals surface area contributed by atoms with E-state index in [1.54, 1.807) is 20.2 Å². The molecular weight excluding hydrogens is 266 g/mol. The van der Waals surface area contributed by atoms with E-state index in [1.165, 1.54) is 4.90 Å². The van der Waals surface area contributed by atoms with Crippen LogP contribution in [0.4, 0.5) is 5.82 Å². The SMILES string of the molecule is CCCN(CC(C)(C)CN)c1ccc(C(=O)N(C)C)nn1. The Morgan fingerprint density at radius 2 is 1.95 bits per heavy atom. The predicted molar refractivity (Wildman–Crippen MR) is 85.4 cm³/mol. The molecule has 0 aromatic carbocycles. The number of carbonyl (C=O) groups is 1. The van der Waals surface area contributed by atoms with Crippen LogP contribution < -0.4 is 10.6 Å². The lowest BCUT2D eigenvalue weighted by molar-refractivity contribution is 0.0821. The Bertz CT molecular complexity index is 456. The summed E-state index contributed by atoms with van der Waals surface area (Å²) in [5.41, 5.74) is 6.18. The number of anilines is 1. The van der Waals surface area contributed by atoms with Gasteiger partial charge in [0, 0.05) is 27.2 Å². The summed E-state index contributed by atoms with van der Waals surface area (Å²) in [6.07, 6.45) is 1.01. The highest BCUT2D eigenvalue weighted by Crippen LogP contribution is 2.19. The van der Waals surface area contributed by atoms with Gasteiger partial charge in [0.15, 0.2) is 11.5 Å². The molecule has 0 saturated heterocycles. The zero-order valence-corrected chi connectivity index (χ0v) is 13.8. The van der Waals surface area contributed by atoms with Crippen molar-refractivity contribution in [3.8, 4) is 0 Å². The molecule has 1 aromatic heterocycles. The molecule has 21 heavy (non-hydrogen) atoms. The smallest absolute Gasteiger partial charge is 0.273 e. The fourth-order valence-corrected chi connectivity index (χ4v) is 1.96. The normalized spacial score (nSPS) is 11.3. The van der Waals surface area contributed by atoms with Crippen LogP contribution in [0, 0.1) is 5.41 Å². The van der Waals surface area contributed by atoms with Crippen molar-refractivity contribution in [3.05, 3.63) is 17.8 Å². The first-order valence-electron chi connectivity index (χ1n) is 7.31. The largest absolute Gasteiger partial charge is 0.355 e. The number of hydrogen-bond donors (Lipinski definition) is 1. The molecule has 0 fully saturated rings. The first-order valence-corrected chi connectivity index (χ1v) is 7.31. The van der Waals surface area contributed by atoms with E-state index in [4.69, 9.17) is 5.73 Å². The molecule has 0 saturated carbocycles. The molecule has 6 heteroatoms. The summed E-state index contributed by atoms with van der Waals surface area (Å²) in [6.45, 7) is 8.70. The van der Waals surface area contributed by atoms with Crippen molar-refractivity contribution < 1.29 is 4.79 Å². The fraction of sp³-hybridized carbons (Fsp3) is 0.667. The second-order valence-corrected chi connectivity index (χ2v) is 6.27. The van der Waals surface area contributed by atoms with Gasteiger partial charge in [0.1, 0.15) is 0 Å². The highest BCUT2D eigenvalue weighted by molar-refractivity contribution is 5.91. The molecule has 6 nitrogen and oxygen atoms in total. The maximum atomic E-state index is 11.8. The monoisotopic (exact) mass is 293 g/mol. The number of nitrogens with zero attached hydrogens (tertiary/aromatic N) is 4. The molecule has 0 atom stereocenters. The number of amides is 1. The molecule has 1 aromatic rings. The molecule has 1 rings (SSSR count). The lowest BCUT2D eigenvalue weighted by atomic mass is 9.93. The summed E-state index contributed by atoms with van der Waals surface area (Å²) in [4.78, 5) is 15.5. The third kappa shape index (κ3) is 4.97. The minimum atomic E-state index is -0.140. The molecule has 0 aliphatic rings. The minimum Gasteiger partial charge on any atom is -0.355 e. The first-order chi connectivity index (χ1) is 9.80. The number of hydrogen-bond acceptors (Lipinski definition) is 5. The second-order valence-electron chi connectivity index (χ2n) is 6.27. The fourth-order valence-electron chi connectivity index (χ4n) is 1.96. The average Bonchev–Trinajstić information content (AvgIpc) is 2.46. The molecule has 0 aliphatic heterocycles. The van der Waals surface area contributed by atoms with E-state index in [1.807, 2.05) is 6.07 Å². The van der Waals surface area contributed by atoms with Crippen LogP contribution in [0.25, 0.3) is 0 Å². The van der Waals surface area contributed by atoms with Gasteiger partial charge >= 0.3 is 0 Å². The van der Waals surface area contributed by atoms with E-state index in [2.05, 4.69) is 35.9 Å². The molecule has 0 unspecified atom stereocenters. The first kappa shape index (κ1) is 17.4. The van der Waals surface area contributed by atoms with E-state index >= 15 is 0 Å². The Morgan fingerprint density at radius 1 is 1.29 bits per heavy atom. The molecule has 1 amide bonds. The minimum absolute atomic E-state index is 0.00891. The molecule has 118 valence electrons. The van der Waals surface area contributed by atoms with Crippen molar-refractivity contribution in [1.29, 1.82) is 0 Å². The lowest BCUT2D eigenvalue weighted by Crippen LogP contribution is -2.39. The van der Waals surface area contributed by atoms with Crippen molar-refractivity contribution in [2.24, 2.45) is 11.1 Å². The summed E-state index contributed by atoms with van der Waals surface area (Å²) < 4.78 is 0. The number of rotatable bonds is 7. The summed E-state index contributed by atoms with van der Waals surface area (Å²) in [5.74, 6) is 0.645. The van der Waals surface area contributed by atoms with Crippen LogP contribution in [0.15, 0.2) is 12.1 Å². The molecule has 0 spiro atoms. The molecular formula is C15H27N5O. The van der Waals surface area contributed by atoms with Crippen molar-refractivity contribution in [2.75, 3.05) is 38.6 Å². The van der Waals surface area contributed by atoms with Gasteiger partial charge in [-0.3, -0.25) is 4.79 Å². The topological polar surface area (TPSA) is 75.3 Å². The Kier molecular flexibility index (Phi) is 6.08. The highest BCUT2D eigenvalue weighted by Gasteiger charge is 2.21. The lowest BCUT2D eigenvalue weighted by Gasteiger charge is -2.32. The Morgan fingerprint density at radius 3 is 2.38 bits per heavy atom. The maximum absolute atomic E-state index is 11.8. The maximum Gasteiger partial charge on any atom is 0.273 e. The Hall–Kier alpha value is -1.69. The predicted octanol–water partition coefficient (Wildman–Crippen LogP) is 1.38. The van der Waals surface area contributed by atoms with E-state index in [-0.39, 0.29) is 11.3 Å². The van der Waals surface area contributed by atoms with Crippen LogP contribution in [0.1, 0.15) is 37.7 Å². The summed E-state index contributed by atoms with van der Waals surface area (Å²) in [5, 5.41) is 8.25.